The summed E-state index contributed by atoms with van der Waals surface area (Å²) < 4.78 is 9.39. The highest BCUT2D eigenvalue weighted by Crippen LogP contribution is 2.28. The molecule has 2 aromatic heterocycles. The fraction of sp³-hybridized carbons (Fsp3) is 0.267. The Morgan fingerprint density at radius 1 is 1.22 bits per heavy atom. The Balaban J connectivity index is 1.54. The summed E-state index contributed by atoms with van der Waals surface area (Å²) in [6.07, 6.45) is 3.11. The lowest BCUT2D eigenvalue weighted by Crippen LogP contribution is -2.48. The van der Waals surface area contributed by atoms with Crippen molar-refractivity contribution in [2.75, 3.05) is 31.1 Å². The number of hydrogen-bond acceptors (Lipinski definition) is 6. The zero-order chi connectivity index (χ0) is 15.8. The van der Waals surface area contributed by atoms with E-state index in [-0.39, 0.29) is 5.91 Å². The van der Waals surface area contributed by atoms with Gasteiger partial charge in [0.05, 0.1) is 16.8 Å². The molecule has 0 bridgehead atoms. The zero-order valence-electron chi connectivity index (χ0n) is 12.1. The maximum Gasteiger partial charge on any atom is 0.254 e. The van der Waals surface area contributed by atoms with Gasteiger partial charge in [0.1, 0.15) is 6.33 Å². The molecule has 0 spiro atoms. The summed E-state index contributed by atoms with van der Waals surface area (Å²) in [7, 11) is 0. The Morgan fingerprint density at radius 3 is 2.78 bits per heavy atom. The molecule has 0 saturated carbocycles. The van der Waals surface area contributed by atoms with E-state index >= 15 is 0 Å². The SMILES string of the molecule is O=C(c1ccc(Cl)c2occc12)N1CCN(c2ncns2)CC1. The van der Waals surface area contributed by atoms with E-state index in [2.05, 4.69) is 14.3 Å². The summed E-state index contributed by atoms with van der Waals surface area (Å²) in [5, 5.41) is 2.18. The van der Waals surface area contributed by atoms with Gasteiger partial charge < -0.3 is 14.2 Å². The summed E-state index contributed by atoms with van der Waals surface area (Å²) in [5.74, 6) is 0.00461. The smallest absolute Gasteiger partial charge is 0.254 e. The summed E-state index contributed by atoms with van der Waals surface area (Å²) in [6, 6.07) is 5.25. The Hall–Kier alpha value is -2.12. The second-order valence-electron chi connectivity index (χ2n) is 5.26. The van der Waals surface area contributed by atoms with E-state index in [9.17, 15) is 4.79 Å². The quantitative estimate of drug-likeness (QED) is 0.712. The van der Waals surface area contributed by atoms with E-state index in [1.54, 1.807) is 30.8 Å². The van der Waals surface area contributed by atoms with Gasteiger partial charge >= 0.3 is 0 Å². The number of aromatic nitrogens is 2. The van der Waals surface area contributed by atoms with Gasteiger partial charge in [-0.05, 0) is 18.2 Å². The molecule has 1 aromatic carbocycles. The first-order valence-corrected chi connectivity index (χ1v) is 8.36. The molecule has 0 aliphatic carbocycles. The largest absolute Gasteiger partial charge is 0.463 e. The van der Waals surface area contributed by atoms with Crippen LogP contribution in [0.5, 0.6) is 0 Å². The fourth-order valence-corrected chi connectivity index (χ4v) is 3.58. The molecule has 1 aliphatic rings. The van der Waals surface area contributed by atoms with Crippen molar-refractivity contribution in [3.63, 3.8) is 0 Å². The van der Waals surface area contributed by atoms with Crippen LogP contribution in [0.15, 0.2) is 35.2 Å². The van der Waals surface area contributed by atoms with Gasteiger partial charge in [-0.1, -0.05) is 11.6 Å². The summed E-state index contributed by atoms with van der Waals surface area (Å²) in [4.78, 5) is 21.0. The number of furan rings is 1. The van der Waals surface area contributed by atoms with Crippen molar-refractivity contribution in [3.8, 4) is 0 Å². The molecule has 4 rings (SSSR count). The van der Waals surface area contributed by atoms with Crippen LogP contribution in [0.25, 0.3) is 11.0 Å². The summed E-state index contributed by atoms with van der Waals surface area (Å²) >= 11 is 7.47. The van der Waals surface area contributed by atoms with Crippen molar-refractivity contribution in [3.05, 3.63) is 41.4 Å². The van der Waals surface area contributed by atoms with Crippen LogP contribution < -0.4 is 4.90 Å². The maximum atomic E-state index is 12.8. The predicted octanol–water partition coefficient (Wildman–Crippen LogP) is 2.90. The van der Waals surface area contributed by atoms with Crippen LogP contribution in [0.1, 0.15) is 10.4 Å². The van der Waals surface area contributed by atoms with Gasteiger partial charge in [-0.2, -0.15) is 4.37 Å². The van der Waals surface area contributed by atoms with Crippen molar-refractivity contribution in [2.24, 2.45) is 0 Å². The standard InChI is InChI=1S/C15H13ClN4O2S/c16-12-2-1-11(10-3-8-22-13(10)12)14(21)19-4-6-20(7-5-19)15-17-9-18-23-15/h1-3,8-9H,4-7H2. The predicted molar refractivity (Wildman–Crippen MR) is 89.2 cm³/mol. The maximum absolute atomic E-state index is 12.8. The summed E-state index contributed by atoms with van der Waals surface area (Å²) in [5.41, 5.74) is 1.19. The number of rotatable bonds is 2. The van der Waals surface area contributed by atoms with Gasteiger partial charge in [-0.25, -0.2) is 4.98 Å². The van der Waals surface area contributed by atoms with Crippen LogP contribution in [0.4, 0.5) is 5.13 Å². The molecule has 1 saturated heterocycles. The van der Waals surface area contributed by atoms with Gasteiger partial charge in [0.2, 0.25) is 5.13 Å². The Labute approximate surface area is 141 Å². The van der Waals surface area contributed by atoms with E-state index in [0.717, 1.165) is 23.6 Å². The number of amides is 1. The lowest BCUT2D eigenvalue weighted by atomic mass is 10.1. The van der Waals surface area contributed by atoms with Gasteiger partial charge in [0.15, 0.2) is 5.58 Å². The summed E-state index contributed by atoms with van der Waals surface area (Å²) in [6.45, 7) is 2.81. The molecule has 3 heterocycles. The Kier molecular flexibility index (Phi) is 3.66. The number of hydrogen-bond donors (Lipinski definition) is 0. The van der Waals surface area contributed by atoms with Crippen LogP contribution in [0.2, 0.25) is 5.02 Å². The number of carbonyl (C=O) groups excluding carboxylic acids is 1. The number of carbonyl (C=O) groups is 1. The second kappa shape index (κ2) is 5.82. The molecule has 0 atom stereocenters. The molecule has 23 heavy (non-hydrogen) atoms. The molecule has 8 heteroatoms. The average Bonchev–Trinajstić information content (AvgIpc) is 3.27. The number of anilines is 1. The first-order valence-electron chi connectivity index (χ1n) is 7.20. The highest BCUT2D eigenvalue weighted by Gasteiger charge is 2.25. The molecular weight excluding hydrogens is 336 g/mol. The molecule has 118 valence electrons. The first kappa shape index (κ1) is 14.5. The van der Waals surface area contributed by atoms with E-state index in [1.165, 1.54) is 11.5 Å². The number of piperazine rings is 1. The third-order valence-electron chi connectivity index (χ3n) is 3.99. The Morgan fingerprint density at radius 2 is 2.04 bits per heavy atom. The van der Waals surface area contributed by atoms with Crippen LogP contribution in [-0.4, -0.2) is 46.3 Å². The van der Waals surface area contributed by atoms with E-state index in [1.807, 2.05) is 4.90 Å². The third kappa shape index (κ3) is 2.55. The van der Waals surface area contributed by atoms with Gasteiger partial charge in [-0.3, -0.25) is 4.79 Å². The fourth-order valence-electron chi connectivity index (χ4n) is 2.79. The normalized spacial score (nSPS) is 15.3. The molecule has 3 aromatic rings. The lowest BCUT2D eigenvalue weighted by molar-refractivity contribution is 0.0748. The van der Waals surface area contributed by atoms with Crippen molar-refractivity contribution in [1.29, 1.82) is 0 Å². The molecule has 1 fully saturated rings. The highest BCUT2D eigenvalue weighted by molar-refractivity contribution is 7.09. The van der Waals surface area contributed by atoms with E-state index in [0.29, 0.717) is 29.3 Å². The first-order chi connectivity index (χ1) is 11.2. The zero-order valence-corrected chi connectivity index (χ0v) is 13.7. The molecule has 0 radical (unpaired) electrons. The highest BCUT2D eigenvalue weighted by atomic mass is 35.5. The minimum Gasteiger partial charge on any atom is -0.463 e. The molecule has 0 N–H and O–H groups in total. The molecule has 1 aliphatic heterocycles. The second-order valence-corrected chi connectivity index (χ2v) is 6.43. The number of nitrogens with zero attached hydrogens (tertiary/aromatic N) is 4. The average molecular weight is 349 g/mol. The van der Waals surface area contributed by atoms with Crippen LogP contribution in [-0.2, 0) is 0 Å². The third-order valence-corrected chi connectivity index (χ3v) is 5.01. The van der Waals surface area contributed by atoms with Gasteiger partial charge in [0.25, 0.3) is 5.91 Å². The van der Waals surface area contributed by atoms with Crippen molar-refractivity contribution in [1.82, 2.24) is 14.3 Å². The number of benzene rings is 1. The van der Waals surface area contributed by atoms with Crippen LogP contribution in [0.3, 0.4) is 0 Å². The van der Waals surface area contributed by atoms with Gasteiger partial charge in [0, 0.05) is 43.1 Å². The van der Waals surface area contributed by atoms with E-state index in [4.69, 9.17) is 16.0 Å². The van der Waals surface area contributed by atoms with E-state index < -0.39 is 0 Å². The molecule has 0 unspecified atom stereocenters. The number of halogens is 1. The molecule has 1 amide bonds. The monoisotopic (exact) mass is 348 g/mol. The minimum atomic E-state index is 0.00461. The minimum absolute atomic E-state index is 0.00461. The molecule has 6 nitrogen and oxygen atoms in total. The van der Waals surface area contributed by atoms with Gasteiger partial charge in [-0.15, -0.1) is 0 Å². The van der Waals surface area contributed by atoms with Crippen LogP contribution >= 0.6 is 23.1 Å². The molecular formula is C15H13ClN4O2S. The lowest BCUT2D eigenvalue weighted by Gasteiger charge is -2.34. The van der Waals surface area contributed by atoms with Crippen molar-refractivity contribution >= 4 is 45.1 Å². The Bertz CT molecular complexity index is 840. The van der Waals surface area contributed by atoms with Crippen molar-refractivity contribution < 1.29 is 9.21 Å². The number of fused-ring (bicyclic) bond motifs is 1. The van der Waals surface area contributed by atoms with Crippen LogP contribution in [0, 0.1) is 0 Å². The topological polar surface area (TPSA) is 62.5 Å². The van der Waals surface area contributed by atoms with Crippen molar-refractivity contribution in [2.45, 2.75) is 0 Å².